The maximum Gasteiger partial charge on any atom is 0.372 e. The number of rotatable bonds is 30. The fourth-order valence-electron chi connectivity index (χ4n) is 4.20. The van der Waals surface area contributed by atoms with E-state index in [0.717, 1.165) is 0 Å². The van der Waals surface area contributed by atoms with E-state index in [2.05, 4.69) is 10.6 Å². The molecule has 0 saturated heterocycles. The number of carbonyl (C=O) groups is 9. The van der Waals surface area contributed by atoms with E-state index in [1.807, 2.05) is 0 Å². The van der Waals surface area contributed by atoms with Crippen molar-refractivity contribution in [2.24, 2.45) is 11.8 Å². The monoisotopic (exact) mass is 674 g/mol. The molecule has 0 rings (SSSR count). The highest BCUT2D eigenvalue weighted by molar-refractivity contribution is 6.32. The zero-order chi connectivity index (χ0) is 35.8. The van der Waals surface area contributed by atoms with Gasteiger partial charge in [0.15, 0.2) is 5.78 Å². The predicted octanol–water partition coefficient (Wildman–Crippen LogP) is 0.600. The van der Waals surface area contributed by atoms with Crippen LogP contribution in [0.2, 0.25) is 0 Å². The Labute approximate surface area is 271 Å². The summed E-state index contributed by atoms with van der Waals surface area (Å²) in [5.41, 5.74) is 0. The number of carboxylic acid groups (broad SMARTS) is 4. The first kappa shape index (κ1) is 42.8. The summed E-state index contributed by atoms with van der Waals surface area (Å²) in [5.74, 6) is -10.1. The van der Waals surface area contributed by atoms with Crippen LogP contribution >= 0.6 is 0 Å². The number of hydrogen-bond acceptors (Lipinski definition) is 11. The Morgan fingerprint density at radius 1 is 0.617 bits per heavy atom. The molecule has 17 heteroatoms. The number of unbranched alkanes of at least 4 members (excludes halogenated alkanes) is 2. The van der Waals surface area contributed by atoms with Gasteiger partial charge in [-0.15, -0.1) is 0 Å². The molecule has 0 fully saturated rings. The van der Waals surface area contributed by atoms with Crippen LogP contribution in [0.3, 0.4) is 0 Å². The van der Waals surface area contributed by atoms with Gasteiger partial charge in [-0.1, -0.05) is 13.3 Å². The van der Waals surface area contributed by atoms with Crippen LogP contribution in [0.4, 0.5) is 0 Å². The summed E-state index contributed by atoms with van der Waals surface area (Å²) in [6.07, 6.45) is 0.0673. The number of carbonyl (C=O) groups excluding carboxylic acids is 5. The zero-order valence-electron chi connectivity index (χ0n) is 26.5. The highest BCUT2D eigenvalue weighted by Crippen LogP contribution is 2.16. The van der Waals surface area contributed by atoms with Crippen molar-refractivity contribution in [3.63, 3.8) is 0 Å². The van der Waals surface area contributed by atoms with Crippen molar-refractivity contribution in [2.45, 2.75) is 90.0 Å². The van der Waals surface area contributed by atoms with Gasteiger partial charge in [-0.3, -0.25) is 33.6 Å². The smallest absolute Gasteiger partial charge is 0.372 e. The second-order valence-corrected chi connectivity index (χ2v) is 10.8. The van der Waals surface area contributed by atoms with E-state index >= 15 is 0 Å². The molecule has 0 aromatic heterocycles. The number of amides is 2. The first-order valence-electron chi connectivity index (χ1n) is 15.4. The molecule has 0 bridgehead atoms. The van der Waals surface area contributed by atoms with Crippen LogP contribution in [0.1, 0.15) is 84.0 Å². The molecule has 3 atom stereocenters. The van der Waals surface area contributed by atoms with Crippen molar-refractivity contribution in [3.05, 3.63) is 0 Å². The van der Waals surface area contributed by atoms with Crippen LogP contribution in [0, 0.1) is 11.8 Å². The summed E-state index contributed by atoms with van der Waals surface area (Å²) in [7, 11) is 0. The van der Waals surface area contributed by atoms with Gasteiger partial charge >= 0.3 is 23.9 Å². The summed E-state index contributed by atoms with van der Waals surface area (Å²) in [6, 6.07) is -1.08. The summed E-state index contributed by atoms with van der Waals surface area (Å²) < 4.78 is 10.5. The van der Waals surface area contributed by atoms with E-state index in [-0.39, 0.29) is 96.5 Å². The van der Waals surface area contributed by atoms with Crippen molar-refractivity contribution in [1.29, 1.82) is 0 Å². The van der Waals surface area contributed by atoms with Crippen LogP contribution in [0.5, 0.6) is 0 Å². The Morgan fingerprint density at radius 2 is 1.17 bits per heavy atom. The highest BCUT2D eigenvalue weighted by atomic mass is 16.5. The number of aliphatic carboxylic acids is 4. The minimum atomic E-state index is -1.50. The average Bonchev–Trinajstić information content (AvgIpc) is 3.00. The Bertz CT molecular complexity index is 1090. The van der Waals surface area contributed by atoms with Gasteiger partial charge in [-0.25, -0.2) is 9.59 Å². The molecule has 0 radical (unpaired) electrons. The second-order valence-electron chi connectivity index (χ2n) is 10.8. The van der Waals surface area contributed by atoms with Gasteiger partial charge in [0.1, 0.15) is 18.4 Å². The topological polar surface area (TPSA) is 277 Å². The van der Waals surface area contributed by atoms with Crippen LogP contribution in [0.15, 0.2) is 0 Å². The van der Waals surface area contributed by atoms with Crippen LogP contribution in [0.25, 0.3) is 0 Å². The molecule has 266 valence electrons. The lowest BCUT2D eigenvalue weighted by atomic mass is 9.94. The maximum atomic E-state index is 12.1. The van der Waals surface area contributed by atoms with E-state index in [0.29, 0.717) is 19.3 Å². The lowest BCUT2D eigenvalue weighted by molar-refractivity contribution is -0.149. The van der Waals surface area contributed by atoms with E-state index in [4.69, 9.17) is 19.7 Å². The van der Waals surface area contributed by atoms with Gasteiger partial charge in [-0.2, -0.15) is 0 Å². The van der Waals surface area contributed by atoms with Gasteiger partial charge in [0, 0.05) is 45.1 Å². The van der Waals surface area contributed by atoms with Crippen LogP contribution < -0.4 is 10.6 Å². The summed E-state index contributed by atoms with van der Waals surface area (Å²) >= 11 is 0. The van der Waals surface area contributed by atoms with E-state index in [1.165, 1.54) is 0 Å². The number of Topliss-reactive ketones (excluding diaryl/α,β-unsaturated/α-hetero) is 3. The van der Waals surface area contributed by atoms with Crippen molar-refractivity contribution in [3.8, 4) is 0 Å². The molecular formula is C30H46N2O15. The number of ketones is 3. The molecule has 0 heterocycles. The molecule has 0 saturated carbocycles. The third kappa shape index (κ3) is 22.0. The molecule has 6 N–H and O–H groups in total. The molecule has 0 aliphatic carbocycles. The van der Waals surface area contributed by atoms with Gasteiger partial charge in [0.25, 0.3) is 0 Å². The molecule has 2 amide bonds. The summed E-state index contributed by atoms with van der Waals surface area (Å²) in [5, 5.41) is 41.1. The lowest BCUT2D eigenvalue weighted by Gasteiger charge is -2.14. The number of hydrogen-bond donors (Lipinski definition) is 6. The molecule has 0 aromatic rings. The predicted molar refractivity (Wildman–Crippen MR) is 160 cm³/mol. The second kappa shape index (κ2) is 24.9. The Hall–Kier alpha value is -4.25. The summed E-state index contributed by atoms with van der Waals surface area (Å²) in [6.45, 7) is 1.46. The van der Waals surface area contributed by atoms with Gasteiger partial charge in [0.05, 0.1) is 31.7 Å². The van der Waals surface area contributed by atoms with E-state index < -0.39 is 65.1 Å². The molecule has 17 nitrogen and oxygen atoms in total. The van der Waals surface area contributed by atoms with Crippen molar-refractivity contribution in [1.82, 2.24) is 10.6 Å². The van der Waals surface area contributed by atoms with Gasteiger partial charge in [0.2, 0.25) is 17.6 Å². The minimum absolute atomic E-state index is 0.00219. The molecule has 47 heavy (non-hydrogen) atoms. The fraction of sp³-hybridized carbons (Fsp3) is 0.700. The SMILES string of the molecule is CC[C@H](NC(=O)CC[C@H](CC(=O)COCCOCCNC(=O)CC[C@H](CC(=O)CCCCCC(=O)C(=O)O)C(=O)O)C(=O)O)C(=O)O. The highest BCUT2D eigenvalue weighted by Gasteiger charge is 2.24. The third-order valence-electron chi connectivity index (χ3n) is 6.93. The average molecular weight is 675 g/mol. The van der Waals surface area contributed by atoms with Crippen molar-refractivity contribution in [2.75, 3.05) is 33.0 Å². The quantitative estimate of drug-likeness (QED) is 0.0449. The van der Waals surface area contributed by atoms with Crippen molar-refractivity contribution >= 4 is 53.0 Å². The van der Waals surface area contributed by atoms with Gasteiger partial charge in [-0.05, 0) is 32.1 Å². The Balaban J connectivity index is 4.11. The first-order chi connectivity index (χ1) is 22.2. The fourth-order valence-corrected chi connectivity index (χ4v) is 4.20. The minimum Gasteiger partial charge on any atom is -0.481 e. The van der Waals surface area contributed by atoms with Crippen LogP contribution in [-0.4, -0.2) is 112 Å². The number of carboxylic acids is 4. The first-order valence-corrected chi connectivity index (χ1v) is 15.4. The Kier molecular flexibility index (Phi) is 22.7. The largest absolute Gasteiger partial charge is 0.481 e. The molecule has 0 aliphatic heterocycles. The maximum absolute atomic E-state index is 12.1. The van der Waals surface area contributed by atoms with Gasteiger partial charge < -0.3 is 40.5 Å². The normalized spacial score (nSPS) is 12.7. The standard InChI is InChI=1S/C30H46N2O15/c1-2-23(29(42)43)32-26(37)11-9-20(28(40)41)17-22(34)18-47-15-14-46-13-12-31-25(36)10-8-19(27(38)39)16-21(33)6-4-3-5-7-24(35)30(44)45/h19-20,23H,2-18H2,1H3,(H,31,36)(H,32,37)(H,38,39)(H,40,41)(H,42,43)(H,44,45)/t19-,20-,23+/m1/s1. The molecular weight excluding hydrogens is 628 g/mol. The lowest BCUT2D eigenvalue weighted by Crippen LogP contribution is -2.40. The Morgan fingerprint density at radius 3 is 1.72 bits per heavy atom. The van der Waals surface area contributed by atoms with E-state index in [1.54, 1.807) is 6.92 Å². The summed E-state index contributed by atoms with van der Waals surface area (Å²) in [4.78, 5) is 104. The number of ether oxygens (including phenoxy) is 2. The molecule has 0 unspecified atom stereocenters. The van der Waals surface area contributed by atoms with E-state index in [9.17, 15) is 53.4 Å². The molecule has 0 aliphatic rings. The van der Waals surface area contributed by atoms with Crippen LogP contribution in [-0.2, 0) is 52.6 Å². The molecule has 0 spiro atoms. The zero-order valence-corrected chi connectivity index (χ0v) is 26.5. The number of nitrogens with one attached hydrogen (secondary N) is 2. The third-order valence-corrected chi connectivity index (χ3v) is 6.93. The van der Waals surface area contributed by atoms with Crippen molar-refractivity contribution < 1.29 is 73.1 Å². The molecule has 0 aromatic carbocycles.